The van der Waals surface area contributed by atoms with Crippen molar-refractivity contribution in [1.29, 1.82) is 0 Å². The average molecular weight is 254 g/mol. The fourth-order valence-corrected chi connectivity index (χ4v) is 1.57. The Balaban J connectivity index is 2.08. The van der Waals surface area contributed by atoms with Crippen LogP contribution in [0.15, 0.2) is 55.1 Å². The monoisotopic (exact) mass is 254 g/mol. The molecule has 0 atom stereocenters. The maximum absolute atomic E-state index is 11.9. The Kier molecular flexibility index (Phi) is 3.98. The van der Waals surface area contributed by atoms with Crippen molar-refractivity contribution in [1.82, 2.24) is 0 Å². The van der Waals surface area contributed by atoms with Gasteiger partial charge in [-0.2, -0.15) is 0 Å². The predicted molar refractivity (Wildman–Crippen MR) is 74.5 cm³/mol. The molecule has 2 rings (SSSR count). The molecule has 0 saturated carbocycles. The van der Waals surface area contributed by atoms with E-state index in [9.17, 15) is 4.79 Å². The van der Waals surface area contributed by atoms with E-state index in [2.05, 4.69) is 6.58 Å². The van der Waals surface area contributed by atoms with Gasteiger partial charge in [-0.3, -0.25) is 0 Å². The summed E-state index contributed by atoms with van der Waals surface area (Å²) in [6.45, 7) is 3.67. The van der Waals surface area contributed by atoms with Gasteiger partial charge in [0.1, 0.15) is 11.5 Å². The van der Waals surface area contributed by atoms with E-state index in [1.54, 1.807) is 49.6 Å². The third kappa shape index (κ3) is 3.22. The van der Waals surface area contributed by atoms with Gasteiger partial charge in [0.2, 0.25) is 0 Å². The van der Waals surface area contributed by atoms with E-state index < -0.39 is 5.97 Å². The molecule has 3 nitrogen and oxygen atoms in total. The molecular weight excluding hydrogens is 240 g/mol. The van der Waals surface area contributed by atoms with Crippen LogP contribution in [0.4, 0.5) is 0 Å². The fourth-order valence-electron chi connectivity index (χ4n) is 1.57. The van der Waals surface area contributed by atoms with Gasteiger partial charge < -0.3 is 9.47 Å². The largest absolute Gasteiger partial charge is 0.497 e. The molecule has 3 heteroatoms. The third-order valence-electron chi connectivity index (χ3n) is 2.65. The molecular formula is C16H14O3. The zero-order chi connectivity index (χ0) is 13.7. The van der Waals surface area contributed by atoms with E-state index in [1.807, 2.05) is 12.1 Å². The molecule has 0 aliphatic heterocycles. The van der Waals surface area contributed by atoms with Crippen LogP contribution in [0.3, 0.4) is 0 Å². The standard InChI is InChI=1S/C16H14O3/c1-3-12-4-8-15(9-5-12)19-16(17)13-6-10-14(18-2)11-7-13/h3-11H,1H2,2H3. The Morgan fingerprint density at radius 2 is 1.58 bits per heavy atom. The van der Waals surface area contributed by atoms with Crippen LogP contribution in [0.5, 0.6) is 11.5 Å². The minimum Gasteiger partial charge on any atom is -0.497 e. The molecule has 0 aliphatic carbocycles. The highest BCUT2D eigenvalue weighted by Crippen LogP contribution is 2.16. The zero-order valence-electron chi connectivity index (χ0n) is 10.6. The van der Waals surface area contributed by atoms with Crippen LogP contribution >= 0.6 is 0 Å². The average Bonchev–Trinajstić information content (AvgIpc) is 2.48. The molecule has 0 N–H and O–H groups in total. The Labute approximate surface area is 112 Å². The molecule has 2 aromatic rings. The number of hydrogen-bond donors (Lipinski definition) is 0. The topological polar surface area (TPSA) is 35.5 Å². The van der Waals surface area contributed by atoms with Crippen LogP contribution in [0.25, 0.3) is 6.08 Å². The lowest BCUT2D eigenvalue weighted by molar-refractivity contribution is 0.0734. The predicted octanol–water partition coefficient (Wildman–Crippen LogP) is 3.56. The highest BCUT2D eigenvalue weighted by Gasteiger charge is 2.08. The summed E-state index contributed by atoms with van der Waals surface area (Å²) in [7, 11) is 1.58. The van der Waals surface area contributed by atoms with Crippen molar-refractivity contribution < 1.29 is 14.3 Å². The summed E-state index contributed by atoms with van der Waals surface area (Å²) < 4.78 is 10.3. The van der Waals surface area contributed by atoms with Gasteiger partial charge in [0.05, 0.1) is 12.7 Å². The number of ether oxygens (including phenoxy) is 2. The molecule has 0 aliphatic rings. The summed E-state index contributed by atoms with van der Waals surface area (Å²) in [4.78, 5) is 11.9. The van der Waals surface area contributed by atoms with E-state index in [4.69, 9.17) is 9.47 Å². The number of hydrogen-bond acceptors (Lipinski definition) is 3. The van der Waals surface area contributed by atoms with E-state index >= 15 is 0 Å². The summed E-state index contributed by atoms with van der Waals surface area (Å²) in [5.74, 6) is 0.812. The maximum atomic E-state index is 11.9. The first-order valence-electron chi connectivity index (χ1n) is 5.81. The van der Waals surface area contributed by atoms with Crippen molar-refractivity contribution in [2.24, 2.45) is 0 Å². The number of carbonyl (C=O) groups is 1. The molecule has 0 amide bonds. The Bertz CT molecular complexity index is 568. The van der Waals surface area contributed by atoms with Gasteiger partial charge in [-0.05, 0) is 42.0 Å². The first-order chi connectivity index (χ1) is 9.22. The van der Waals surface area contributed by atoms with E-state index in [0.717, 1.165) is 5.56 Å². The number of esters is 1. The van der Waals surface area contributed by atoms with Gasteiger partial charge in [-0.1, -0.05) is 24.8 Å². The highest BCUT2D eigenvalue weighted by atomic mass is 16.5. The number of benzene rings is 2. The molecule has 0 saturated heterocycles. The van der Waals surface area contributed by atoms with Gasteiger partial charge in [0.15, 0.2) is 0 Å². The SMILES string of the molecule is C=Cc1ccc(OC(=O)c2ccc(OC)cc2)cc1. The second-order valence-electron chi connectivity index (χ2n) is 3.89. The Morgan fingerprint density at radius 1 is 1.00 bits per heavy atom. The van der Waals surface area contributed by atoms with Crippen LogP contribution in [0, 0.1) is 0 Å². The third-order valence-corrected chi connectivity index (χ3v) is 2.65. The van der Waals surface area contributed by atoms with Crippen molar-refractivity contribution in [2.45, 2.75) is 0 Å². The van der Waals surface area contributed by atoms with Gasteiger partial charge in [0, 0.05) is 0 Å². The summed E-state index contributed by atoms with van der Waals surface area (Å²) in [5, 5.41) is 0. The number of carbonyl (C=O) groups excluding carboxylic acids is 1. The summed E-state index contributed by atoms with van der Waals surface area (Å²) in [6.07, 6.45) is 1.73. The summed E-state index contributed by atoms with van der Waals surface area (Å²) in [5.41, 5.74) is 1.46. The molecule has 96 valence electrons. The van der Waals surface area contributed by atoms with Crippen LogP contribution < -0.4 is 9.47 Å². The zero-order valence-corrected chi connectivity index (χ0v) is 10.6. The van der Waals surface area contributed by atoms with Gasteiger partial charge in [-0.15, -0.1) is 0 Å². The van der Waals surface area contributed by atoms with Crippen molar-refractivity contribution in [2.75, 3.05) is 7.11 Å². The molecule has 0 fully saturated rings. The molecule has 19 heavy (non-hydrogen) atoms. The molecule has 0 heterocycles. The smallest absolute Gasteiger partial charge is 0.343 e. The van der Waals surface area contributed by atoms with Gasteiger partial charge >= 0.3 is 5.97 Å². The van der Waals surface area contributed by atoms with Crippen LogP contribution in [-0.2, 0) is 0 Å². The summed E-state index contributed by atoms with van der Waals surface area (Å²) in [6, 6.07) is 13.9. The lowest BCUT2D eigenvalue weighted by atomic mass is 10.2. The highest BCUT2D eigenvalue weighted by molar-refractivity contribution is 5.91. The van der Waals surface area contributed by atoms with Crippen LogP contribution in [-0.4, -0.2) is 13.1 Å². The second-order valence-corrected chi connectivity index (χ2v) is 3.89. The fraction of sp³-hybridized carbons (Fsp3) is 0.0625. The molecule has 0 spiro atoms. The van der Waals surface area contributed by atoms with E-state index in [0.29, 0.717) is 17.1 Å². The first-order valence-corrected chi connectivity index (χ1v) is 5.81. The van der Waals surface area contributed by atoms with Crippen LogP contribution in [0.1, 0.15) is 15.9 Å². The minimum atomic E-state index is -0.394. The van der Waals surface area contributed by atoms with Crippen molar-refractivity contribution in [3.05, 3.63) is 66.2 Å². The van der Waals surface area contributed by atoms with Crippen molar-refractivity contribution in [3.63, 3.8) is 0 Å². The van der Waals surface area contributed by atoms with Crippen LogP contribution in [0.2, 0.25) is 0 Å². The van der Waals surface area contributed by atoms with E-state index in [-0.39, 0.29) is 0 Å². The Hall–Kier alpha value is -2.55. The minimum absolute atomic E-state index is 0.394. The first kappa shape index (κ1) is 12.9. The normalized spacial score (nSPS) is 9.74. The number of methoxy groups -OCH3 is 1. The lowest BCUT2D eigenvalue weighted by Gasteiger charge is -2.05. The molecule has 0 unspecified atom stereocenters. The molecule has 0 aromatic heterocycles. The van der Waals surface area contributed by atoms with E-state index in [1.165, 1.54) is 0 Å². The maximum Gasteiger partial charge on any atom is 0.343 e. The number of rotatable bonds is 4. The molecule has 0 bridgehead atoms. The Morgan fingerprint density at radius 3 is 2.11 bits per heavy atom. The second kappa shape index (κ2) is 5.87. The summed E-state index contributed by atoms with van der Waals surface area (Å²) >= 11 is 0. The lowest BCUT2D eigenvalue weighted by Crippen LogP contribution is -2.08. The van der Waals surface area contributed by atoms with Gasteiger partial charge in [-0.25, -0.2) is 4.79 Å². The van der Waals surface area contributed by atoms with Gasteiger partial charge in [0.25, 0.3) is 0 Å². The van der Waals surface area contributed by atoms with Crippen molar-refractivity contribution >= 4 is 12.0 Å². The molecule has 2 aromatic carbocycles. The quantitative estimate of drug-likeness (QED) is 0.618. The molecule has 0 radical (unpaired) electrons. The van der Waals surface area contributed by atoms with Crippen molar-refractivity contribution in [3.8, 4) is 11.5 Å².